The third-order valence-corrected chi connectivity index (χ3v) is 7.44. The number of unbranched alkanes of at least 4 members (excludes halogenated alkanes) is 1. The topological polar surface area (TPSA) is 51.8 Å². The van der Waals surface area contributed by atoms with E-state index in [1.54, 1.807) is 7.11 Å². The normalized spacial score (nSPS) is 15.8. The van der Waals surface area contributed by atoms with E-state index in [4.69, 9.17) is 4.74 Å². The molecule has 1 saturated heterocycles. The Morgan fingerprint density at radius 1 is 1.06 bits per heavy atom. The van der Waals surface area contributed by atoms with Gasteiger partial charge < -0.3 is 19.5 Å². The van der Waals surface area contributed by atoms with E-state index >= 15 is 0 Å². The zero-order valence-corrected chi connectivity index (χ0v) is 22.2. The fourth-order valence-corrected chi connectivity index (χ4v) is 5.28. The maximum atomic E-state index is 13.4. The highest BCUT2D eigenvalue weighted by molar-refractivity contribution is 5.95. The van der Waals surface area contributed by atoms with Crippen LogP contribution in [0.3, 0.4) is 0 Å². The summed E-state index contributed by atoms with van der Waals surface area (Å²) >= 11 is 0. The number of piperazine rings is 1. The molecule has 2 aromatic carbocycles. The number of methoxy groups -OCH3 is 1. The molecule has 0 aliphatic carbocycles. The molecule has 0 radical (unpaired) electrons. The molecule has 6 nitrogen and oxygen atoms in total. The van der Waals surface area contributed by atoms with E-state index in [1.165, 1.54) is 10.9 Å². The van der Waals surface area contributed by atoms with Crippen molar-refractivity contribution >= 4 is 22.5 Å². The first-order valence-electron chi connectivity index (χ1n) is 13.5. The Morgan fingerprint density at radius 2 is 1.81 bits per heavy atom. The molecule has 1 aliphatic rings. The lowest BCUT2D eigenvalue weighted by atomic mass is 10.1. The van der Waals surface area contributed by atoms with Gasteiger partial charge in [0.1, 0.15) is 5.75 Å². The number of benzene rings is 2. The van der Waals surface area contributed by atoms with Gasteiger partial charge in [-0.15, -0.1) is 0 Å². The number of fused-ring (bicyclic) bond motifs is 1. The number of ether oxygens (including phenoxy) is 1. The molecule has 0 spiro atoms. The molecule has 0 saturated carbocycles. The average molecular weight is 491 g/mol. The van der Waals surface area contributed by atoms with Crippen molar-refractivity contribution in [3.05, 3.63) is 60.3 Å². The van der Waals surface area contributed by atoms with Crippen LogP contribution < -0.4 is 9.64 Å². The Bertz CT molecular complexity index is 1090. The van der Waals surface area contributed by atoms with Crippen molar-refractivity contribution in [3.8, 4) is 5.75 Å². The van der Waals surface area contributed by atoms with Crippen LogP contribution in [0.2, 0.25) is 0 Å². The highest BCUT2D eigenvalue weighted by Crippen LogP contribution is 2.25. The number of rotatable bonds is 12. The van der Waals surface area contributed by atoms with Crippen LogP contribution in [0.5, 0.6) is 5.75 Å². The highest BCUT2D eigenvalue weighted by atomic mass is 16.5. The summed E-state index contributed by atoms with van der Waals surface area (Å²) in [5.41, 5.74) is 3.53. The molecule has 4 rings (SSSR count). The molecule has 1 aromatic heterocycles. The maximum absolute atomic E-state index is 13.4. The molecule has 1 atom stereocenters. The largest absolute Gasteiger partial charge is 0.497 e. The van der Waals surface area contributed by atoms with E-state index in [0.29, 0.717) is 6.54 Å². The Hall–Kier alpha value is -2.83. The van der Waals surface area contributed by atoms with Gasteiger partial charge in [0, 0.05) is 55.0 Å². The smallest absolute Gasteiger partial charge is 0.241 e. The van der Waals surface area contributed by atoms with Crippen LogP contribution in [-0.4, -0.2) is 73.1 Å². The number of amides is 1. The molecule has 1 aliphatic heterocycles. The summed E-state index contributed by atoms with van der Waals surface area (Å²) in [6, 6.07) is 16.6. The summed E-state index contributed by atoms with van der Waals surface area (Å²) < 4.78 is 5.40. The number of hydrogen-bond donors (Lipinski definition) is 1. The number of carbonyl (C=O) groups is 1. The van der Waals surface area contributed by atoms with E-state index in [1.807, 2.05) is 29.2 Å². The molecule has 6 heteroatoms. The number of carbonyl (C=O) groups excluding carboxylic acids is 1. The number of H-pyrrole nitrogens is 1. The minimum Gasteiger partial charge on any atom is -0.497 e. The van der Waals surface area contributed by atoms with Gasteiger partial charge >= 0.3 is 0 Å². The summed E-state index contributed by atoms with van der Waals surface area (Å²) in [6.07, 6.45) is 7.63. The monoisotopic (exact) mass is 490 g/mol. The van der Waals surface area contributed by atoms with Crippen molar-refractivity contribution in [3.63, 3.8) is 0 Å². The Labute approximate surface area is 216 Å². The van der Waals surface area contributed by atoms with Crippen LogP contribution in [0.25, 0.3) is 10.9 Å². The lowest BCUT2D eigenvalue weighted by molar-refractivity contribution is -0.120. The van der Waals surface area contributed by atoms with Gasteiger partial charge in [0.15, 0.2) is 0 Å². The summed E-state index contributed by atoms with van der Waals surface area (Å²) in [6.45, 7) is 9.90. The summed E-state index contributed by atoms with van der Waals surface area (Å²) in [5.74, 6) is 1.12. The number of aryl methyl sites for hydroxylation is 1. The van der Waals surface area contributed by atoms with E-state index < -0.39 is 0 Å². The van der Waals surface area contributed by atoms with Crippen molar-refractivity contribution in [1.29, 1.82) is 0 Å². The zero-order chi connectivity index (χ0) is 25.3. The fourth-order valence-electron chi connectivity index (χ4n) is 5.28. The zero-order valence-electron chi connectivity index (χ0n) is 22.2. The molecule has 2 heterocycles. The summed E-state index contributed by atoms with van der Waals surface area (Å²) in [7, 11) is 1.72. The van der Waals surface area contributed by atoms with Crippen LogP contribution >= 0.6 is 0 Å². The molecular weight excluding hydrogens is 448 g/mol. The number of aromatic nitrogens is 1. The number of anilines is 1. The van der Waals surface area contributed by atoms with Crippen LogP contribution in [0.15, 0.2) is 54.7 Å². The van der Waals surface area contributed by atoms with Gasteiger partial charge in [0.05, 0.1) is 13.7 Å². The minimum atomic E-state index is 0.214. The quantitative estimate of drug-likeness (QED) is 0.372. The van der Waals surface area contributed by atoms with Crippen molar-refractivity contribution in [1.82, 2.24) is 14.8 Å². The first-order valence-corrected chi connectivity index (χ1v) is 13.5. The van der Waals surface area contributed by atoms with Crippen molar-refractivity contribution in [2.24, 2.45) is 0 Å². The third-order valence-electron chi connectivity index (χ3n) is 7.44. The SMILES string of the molecule is CCCCC(C)N(C(=O)CN1CCN(CCCc2c[nH]c3ccc(OC)cc23)CC1)c1ccccc1. The predicted molar refractivity (Wildman–Crippen MR) is 149 cm³/mol. The van der Waals surface area contributed by atoms with Crippen molar-refractivity contribution in [2.75, 3.05) is 51.3 Å². The second-order valence-corrected chi connectivity index (χ2v) is 10.0. The molecule has 194 valence electrons. The molecule has 3 aromatic rings. The van der Waals surface area contributed by atoms with Gasteiger partial charge in [-0.25, -0.2) is 0 Å². The Morgan fingerprint density at radius 3 is 2.53 bits per heavy atom. The van der Waals surface area contributed by atoms with Gasteiger partial charge in [-0.05, 0) is 68.6 Å². The molecule has 1 unspecified atom stereocenters. The standard InChI is InChI=1S/C30H42N4O2/c1-4-5-10-24(2)34(26-12-7-6-8-13-26)30(35)23-33-19-17-32(18-20-33)16-9-11-25-22-31-29-15-14-27(36-3)21-28(25)29/h6-8,12-15,21-22,24,31H,4-5,9-11,16-20,23H2,1-3H3. The van der Waals surface area contributed by atoms with Crippen LogP contribution in [-0.2, 0) is 11.2 Å². The lowest BCUT2D eigenvalue weighted by Crippen LogP contribution is -2.51. The second kappa shape index (κ2) is 12.9. The minimum absolute atomic E-state index is 0.214. The number of nitrogens with zero attached hydrogens (tertiary/aromatic N) is 3. The van der Waals surface area contributed by atoms with E-state index in [9.17, 15) is 4.79 Å². The van der Waals surface area contributed by atoms with Crippen molar-refractivity contribution < 1.29 is 9.53 Å². The molecule has 36 heavy (non-hydrogen) atoms. The Kier molecular flexibility index (Phi) is 9.42. The summed E-state index contributed by atoms with van der Waals surface area (Å²) in [5, 5.41) is 1.26. The van der Waals surface area contributed by atoms with Gasteiger partial charge in [-0.1, -0.05) is 38.0 Å². The van der Waals surface area contributed by atoms with Gasteiger partial charge in [-0.2, -0.15) is 0 Å². The van der Waals surface area contributed by atoms with Crippen LogP contribution in [0, 0.1) is 0 Å². The lowest BCUT2D eigenvalue weighted by Gasteiger charge is -2.36. The molecule has 0 bridgehead atoms. The molecule has 1 fully saturated rings. The first kappa shape index (κ1) is 26.2. The maximum Gasteiger partial charge on any atom is 0.241 e. The molecule has 1 N–H and O–H groups in total. The van der Waals surface area contributed by atoms with Gasteiger partial charge in [-0.3, -0.25) is 9.69 Å². The second-order valence-electron chi connectivity index (χ2n) is 10.0. The van der Waals surface area contributed by atoms with E-state index in [2.05, 4.69) is 59.1 Å². The predicted octanol–water partition coefficient (Wildman–Crippen LogP) is 5.34. The van der Waals surface area contributed by atoms with E-state index in [0.717, 1.165) is 81.8 Å². The highest BCUT2D eigenvalue weighted by Gasteiger charge is 2.25. The summed E-state index contributed by atoms with van der Waals surface area (Å²) in [4.78, 5) is 23.7. The van der Waals surface area contributed by atoms with Gasteiger partial charge in [0.2, 0.25) is 5.91 Å². The number of nitrogens with one attached hydrogen (secondary N) is 1. The third kappa shape index (κ3) is 6.68. The number of hydrogen-bond acceptors (Lipinski definition) is 4. The van der Waals surface area contributed by atoms with Crippen LogP contribution in [0.4, 0.5) is 5.69 Å². The molecule has 1 amide bonds. The number of para-hydroxylation sites is 1. The Balaban J connectivity index is 1.25. The molecular formula is C30H42N4O2. The van der Waals surface area contributed by atoms with Crippen LogP contribution in [0.1, 0.15) is 45.1 Å². The fraction of sp³-hybridized carbons (Fsp3) is 0.500. The van der Waals surface area contributed by atoms with Gasteiger partial charge in [0.25, 0.3) is 0 Å². The number of aromatic amines is 1. The average Bonchev–Trinajstić information content (AvgIpc) is 3.31. The van der Waals surface area contributed by atoms with Crippen molar-refractivity contribution in [2.45, 2.75) is 52.0 Å². The first-order chi connectivity index (χ1) is 17.6. The van der Waals surface area contributed by atoms with E-state index in [-0.39, 0.29) is 11.9 Å².